The molecule has 0 aliphatic carbocycles. The van der Waals surface area contributed by atoms with Crippen LogP contribution in [0.3, 0.4) is 0 Å². The second kappa shape index (κ2) is 4.47. The number of halogens is 1. The van der Waals surface area contributed by atoms with Crippen LogP contribution in [0.4, 0.5) is 5.69 Å². The number of anilines is 1. The fraction of sp³-hybridized carbons (Fsp3) is 0.462. The summed E-state index contributed by atoms with van der Waals surface area (Å²) in [6.45, 7) is 5.55. The van der Waals surface area contributed by atoms with E-state index in [1.807, 2.05) is 18.2 Å². The first kappa shape index (κ1) is 11.5. The zero-order chi connectivity index (χ0) is 11.7. The highest BCUT2D eigenvalue weighted by Crippen LogP contribution is 2.32. The molecule has 1 fully saturated rings. The average molecular weight is 279 g/mol. The number of hydrogen-bond donors (Lipinski definition) is 0. The molecule has 16 heavy (non-hydrogen) atoms. The third-order valence-electron chi connectivity index (χ3n) is 3.17. The van der Waals surface area contributed by atoms with Crippen LogP contribution in [0, 0.1) is 17.2 Å². The molecule has 0 bridgehead atoms. The van der Waals surface area contributed by atoms with Gasteiger partial charge in [0.25, 0.3) is 0 Å². The highest BCUT2D eigenvalue weighted by Gasteiger charge is 2.27. The number of nitriles is 1. The fourth-order valence-corrected chi connectivity index (χ4v) is 2.84. The van der Waals surface area contributed by atoms with E-state index >= 15 is 0 Å². The average Bonchev–Trinajstić information content (AvgIpc) is 2.57. The maximum Gasteiger partial charge on any atom is 0.101 e. The minimum Gasteiger partial charge on any atom is -0.367 e. The molecule has 2 atom stereocenters. The van der Waals surface area contributed by atoms with Crippen LogP contribution in [0.2, 0.25) is 0 Å². The lowest BCUT2D eigenvalue weighted by atomic mass is 10.1. The zero-order valence-electron chi connectivity index (χ0n) is 9.57. The molecular weight excluding hydrogens is 264 g/mol. The van der Waals surface area contributed by atoms with Gasteiger partial charge >= 0.3 is 0 Å². The minimum atomic E-state index is 0.531. The Labute approximate surface area is 105 Å². The molecule has 84 valence electrons. The number of nitrogens with zero attached hydrogens (tertiary/aromatic N) is 2. The second-order valence-electron chi connectivity index (χ2n) is 4.62. The summed E-state index contributed by atoms with van der Waals surface area (Å²) >= 11 is 3.40. The van der Waals surface area contributed by atoms with Crippen LogP contribution in [-0.4, -0.2) is 12.6 Å². The lowest BCUT2D eigenvalue weighted by Crippen LogP contribution is -2.27. The van der Waals surface area contributed by atoms with Gasteiger partial charge in [0.1, 0.15) is 6.07 Å². The maximum absolute atomic E-state index is 9.16. The van der Waals surface area contributed by atoms with Crippen molar-refractivity contribution in [2.24, 2.45) is 5.92 Å². The molecule has 0 amide bonds. The van der Waals surface area contributed by atoms with E-state index in [1.165, 1.54) is 6.42 Å². The van der Waals surface area contributed by atoms with E-state index < -0.39 is 0 Å². The van der Waals surface area contributed by atoms with Gasteiger partial charge in [0, 0.05) is 17.1 Å². The van der Waals surface area contributed by atoms with Gasteiger partial charge < -0.3 is 4.90 Å². The number of hydrogen-bond acceptors (Lipinski definition) is 2. The lowest BCUT2D eigenvalue weighted by Gasteiger charge is -2.25. The van der Waals surface area contributed by atoms with E-state index in [4.69, 9.17) is 5.26 Å². The topological polar surface area (TPSA) is 27.0 Å². The molecule has 1 aliphatic rings. The minimum absolute atomic E-state index is 0.531. The van der Waals surface area contributed by atoms with E-state index in [0.717, 1.165) is 22.3 Å². The van der Waals surface area contributed by atoms with Gasteiger partial charge in [-0.05, 0) is 37.5 Å². The molecule has 0 saturated carbocycles. The smallest absolute Gasteiger partial charge is 0.101 e. The molecule has 2 nitrogen and oxygen atoms in total. The SMILES string of the molecule is CC1CC(C)N(c2ccc(Br)cc2C#N)C1. The second-order valence-corrected chi connectivity index (χ2v) is 5.53. The molecule has 1 heterocycles. The molecule has 2 unspecified atom stereocenters. The first-order chi connectivity index (χ1) is 7.61. The van der Waals surface area contributed by atoms with Crippen LogP contribution in [0.1, 0.15) is 25.8 Å². The fourth-order valence-electron chi connectivity index (χ4n) is 2.48. The van der Waals surface area contributed by atoms with Crippen LogP contribution in [-0.2, 0) is 0 Å². The highest BCUT2D eigenvalue weighted by molar-refractivity contribution is 9.10. The van der Waals surface area contributed by atoms with Crippen molar-refractivity contribution < 1.29 is 0 Å². The van der Waals surface area contributed by atoms with Gasteiger partial charge in [0.05, 0.1) is 11.3 Å². The molecule has 0 spiro atoms. The Bertz CT molecular complexity index is 436. The van der Waals surface area contributed by atoms with Gasteiger partial charge in [-0.3, -0.25) is 0 Å². The predicted molar refractivity (Wildman–Crippen MR) is 69.4 cm³/mol. The van der Waals surface area contributed by atoms with Gasteiger partial charge in [0.15, 0.2) is 0 Å². The van der Waals surface area contributed by atoms with Crippen molar-refractivity contribution in [3.05, 3.63) is 28.2 Å². The van der Waals surface area contributed by atoms with Crippen molar-refractivity contribution in [3.8, 4) is 6.07 Å². The normalized spacial score (nSPS) is 24.5. The Kier molecular flexibility index (Phi) is 3.20. The number of rotatable bonds is 1. The summed E-state index contributed by atoms with van der Waals surface area (Å²) in [5.41, 5.74) is 1.83. The molecule has 1 aromatic carbocycles. The molecular formula is C13H15BrN2. The van der Waals surface area contributed by atoms with E-state index in [2.05, 4.69) is 40.7 Å². The highest BCUT2D eigenvalue weighted by atomic mass is 79.9. The largest absolute Gasteiger partial charge is 0.367 e. The van der Waals surface area contributed by atoms with E-state index in [1.54, 1.807) is 0 Å². The Morgan fingerprint density at radius 2 is 2.19 bits per heavy atom. The summed E-state index contributed by atoms with van der Waals surface area (Å²) in [5.74, 6) is 0.713. The van der Waals surface area contributed by atoms with Gasteiger partial charge in [-0.15, -0.1) is 0 Å². The van der Waals surface area contributed by atoms with Gasteiger partial charge in [-0.2, -0.15) is 5.26 Å². The first-order valence-corrected chi connectivity index (χ1v) is 6.37. The van der Waals surface area contributed by atoms with Crippen molar-refractivity contribution in [2.75, 3.05) is 11.4 Å². The van der Waals surface area contributed by atoms with E-state index in [-0.39, 0.29) is 0 Å². The van der Waals surface area contributed by atoms with Crippen LogP contribution in [0.5, 0.6) is 0 Å². The van der Waals surface area contributed by atoms with Crippen molar-refractivity contribution in [3.63, 3.8) is 0 Å². The molecule has 3 heteroatoms. The molecule has 0 aromatic heterocycles. The molecule has 1 aliphatic heterocycles. The van der Waals surface area contributed by atoms with Gasteiger partial charge in [0.2, 0.25) is 0 Å². The Hall–Kier alpha value is -1.01. The molecule has 2 rings (SSSR count). The van der Waals surface area contributed by atoms with Crippen LogP contribution >= 0.6 is 15.9 Å². The first-order valence-electron chi connectivity index (χ1n) is 5.58. The molecule has 0 N–H and O–H groups in total. The third-order valence-corrected chi connectivity index (χ3v) is 3.67. The lowest BCUT2D eigenvalue weighted by molar-refractivity contribution is 0.625. The Morgan fingerprint density at radius 1 is 1.44 bits per heavy atom. The molecule has 0 radical (unpaired) electrons. The summed E-state index contributed by atoms with van der Waals surface area (Å²) in [6, 6.07) is 8.75. The summed E-state index contributed by atoms with van der Waals surface area (Å²) < 4.78 is 0.965. The monoisotopic (exact) mass is 278 g/mol. The molecule has 1 aromatic rings. The van der Waals surface area contributed by atoms with Crippen LogP contribution in [0.15, 0.2) is 22.7 Å². The van der Waals surface area contributed by atoms with E-state index in [9.17, 15) is 0 Å². The van der Waals surface area contributed by atoms with Crippen molar-refractivity contribution >= 4 is 21.6 Å². The molecule has 1 saturated heterocycles. The Balaban J connectivity index is 2.37. The number of benzene rings is 1. The van der Waals surface area contributed by atoms with Crippen molar-refractivity contribution in [1.82, 2.24) is 0 Å². The van der Waals surface area contributed by atoms with Crippen molar-refractivity contribution in [2.45, 2.75) is 26.3 Å². The Morgan fingerprint density at radius 3 is 2.75 bits per heavy atom. The maximum atomic E-state index is 9.16. The predicted octanol–water partition coefficient (Wildman–Crippen LogP) is 3.56. The summed E-state index contributed by atoms with van der Waals surface area (Å²) in [5, 5.41) is 9.16. The van der Waals surface area contributed by atoms with Crippen LogP contribution < -0.4 is 4.90 Å². The van der Waals surface area contributed by atoms with Crippen LogP contribution in [0.25, 0.3) is 0 Å². The van der Waals surface area contributed by atoms with E-state index in [0.29, 0.717) is 12.0 Å². The quantitative estimate of drug-likeness (QED) is 0.786. The summed E-state index contributed by atoms with van der Waals surface area (Å²) in [6.07, 6.45) is 1.21. The zero-order valence-corrected chi connectivity index (χ0v) is 11.2. The van der Waals surface area contributed by atoms with Gasteiger partial charge in [-0.25, -0.2) is 0 Å². The third kappa shape index (κ3) is 2.08. The summed E-state index contributed by atoms with van der Waals surface area (Å²) in [7, 11) is 0. The van der Waals surface area contributed by atoms with Gasteiger partial charge in [-0.1, -0.05) is 22.9 Å². The summed E-state index contributed by atoms with van der Waals surface area (Å²) in [4.78, 5) is 2.34. The standard InChI is InChI=1S/C13H15BrN2/c1-9-5-10(2)16(8-9)13-4-3-12(14)6-11(13)7-15/h3-4,6,9-10H,5,8H2,1-2H3. The van der Waals surface area contributed by atoms with Crippen molar-refractivity contribution in [1.29, 1.82) is 5.26 Å².